The zero-order chi connectivity index (χ0) is 14.8. The first-order valence-electron chi connectivity index (χ1n) is 6.25. The molecule has 4 nitrogen and oxygen atoms in total. The van der Waals surface area contributed by atoms with Gasteiger partial charge in [0.05, 0.1) is 11.5 Å². The number of hydrogen-bond donors (Lipinski definition) is 1. The van der Waals surface area contributed by atoms with E-state index in [1.165, 1.54) is 11.3 Å². The van der Waals surface area contributed by atoms with Gasteiger partial charge in [-0.05, 0) is 56.7 Å². The van der Waals surface area contributed by atoms with E-state index in [2.05, 4.69) is 4.72 Å². The Hall–Kier alpha value is -1.53. The zero-order valence-electron chi connectivity index (χ0n) is 11.6. The number of sulfonamides is 1. The van der Waals surface area contributed by atoms with Gasteiger partial charge in [-0.3, -0.25) is 4.72 Å². The zero-order valence-corrected chi connectivity index (χ0v) is 13.3. The highest BCUT2D eigenvalue weighted by atomic mass is 32.2. The number of ether oxygens (including phenoxy) is 1. The molecule has 0 radical (unpaired) electrons. The second-order valence-corrected chi connectivity index (χ2v) is 7.30. The molecule has 0 aliphatic rings. The Morgan fingerprint density at radius 2 is 1.85 bits per heavy atom. The summed E-state index contributed by atoms with van der Waals surface area (Å²) in [6.07, 6.45) is 0. The van der Waals surface area contributed by atoms with Crippen molar-refractivity contribution >= 4 is 26.4 Å². The van der Waals surface area contributed by atoms with Crippen molar-refractivity contribution in [3.8, 4) is 5.75 Å². The first kappa shape index (κ1) is 14.9. The summed E-state index contributed by atoms with van der Waals surface area (Å²) in [5.74, 6) is 0.661. The van der Waals surface area contributed by atoms with Gasteiger partial charge in [0, 0.05) is 4.88 Å². The van der Waals surface area contributed by atoms with Crippen LogP contribution in [0.3, 0.4) is 0 Å². The van der Waals surface area contributed by atoms with Crippen LogP contribution in [0.1, 0.15) is 17.4 Å². The molecule has 6 heteroatoms. The van der Waals surface area contributed by atoms with Crippen LogP contribution >= 0.6 is 11.3 Å². The van der Waals surface area contributed by atoms with Crippen LogP contribution in [0.15, 0.2) is 35.2 Å². The Morgan fingerprint density at radius 1 is 1.20 bits per heavy atom. The van der Waals surface area contributed by atoms with Crippen LogP contribution in [0.4, 0.5) is 5.00 Å². The van der Waals surface area contributed by atoms with Gasteiger partial charge in [-0.25, -0.2) is 8.42 Å². The van der Waals surface area contributed by atoms with Gasteiger partial charge in [0.1, 0.15) is 10.8 Å². The molecule has 2 aromatic rings. The summed E-state index contributed by atoms with van der Waals surface area (Å²) in [4.78, 5) is 1.33. The number of nitrogens with one attached hydrogen (secondary N) is 1. The Morgan fingerprint density at radius 3 is 2.35 bits per heavy atom. The molecule has 0 spiro atoms. The molecule has 0 aliphatic carbocycles. The van der Waals surface area contributed by atoms with E-state index in [1.54, 1.807) is 24.3 Å². The molecule has 0 atom stereocenters. The summed E-state index contributed by atoms with van der Waals surface area (Å²) in [5.41, 5.74) is 1.08. The van der Waals surface area contributed by atoms with Crippen LogP contribution in [0.5, 0.6) is 5.75 Å². The molecule has 0 saturated heterocycles. The lowest BCUT2D eigenvalue weighted by Crippen LogP contribution is -2.11. The molecule has 0 bridgehead atoms. The Labute approximate surface area is 123 Å². The minimum atomic E-state index is -3.54. The molecule has 0 unspecified atom stereocenters. The number of aryl methyl sites for hydroxylation is 2. The molecular formula is C14H17NO3S2. The van der Waals surface area contributed by atoms with Gasteiger partial charge in [-0.1, -0.05) is 0 Å². The Bertz CT molecular complexity index is 668. The minimum absolute atomic E-state index is 0.227. The quantitative estimate of drug-likeness (QED) is 0.918. The number of hydrogen-bond acceptors (Lipinski definition) is 4. The molecule has 0 fully saturated rings. The fourth-order valence-corrected chi connectivity index (χ4v) is 3.91. The van der Waals surface area contributed by atoms with E-state index in [4.69, 9.17) is 4.74 Å². The van der Waals surface area contributed by atoms with Crippen LogP contribution in [-0.2, 0) is 10.0 Å². The predicted molar refractivity (Wildman–Crippen MR) is 82.2 cm³/mol. The second-order valence-electron chi connectivity index (χ2n) is 4.36. The van der Waals surface area contributed by atoms with Crippen LogP contribution in [0.25, 0.3) is 0 Å². The van der Waals surface area contributed by atoms with Gasteiger partial charge >= 0.3 is 0 Å². The van der Waals surface area contributed by atoms with E-state index in [1.807, 2.05) is 26.8 Å². The van der Waals surface area contributed by atoms with E-state index >= 15 is 0 Å². The van der Waals surface area contributed by atoms with E-state index in [9.17, 15) is 8.42 Å². The maximum Gasteiger partial charge on any atom is 0.262 e. The molecule has 0 saturated carbocycles. The minimum Gasteiger partial charge on any atom is -0.494 e. The predicted octanol–water partition coefficient (Wildman–Crippen LogP) is 3.56. The fraction of sp³-hybridized carbons (Fsp3) is 0.286. The number of rotatable bonds is 5. The van der Waals surface area contributed by atoms with Crippen LogP contribution in [0, 0.1) is 13.8 Å². The lowest BCUT2D eigenvalue weighted by molar-refractivity contribution is 0.340. The van der Waals surface area contributed by atoms with Crippen molar-refractivity contribution < 1.29 is 13.2 Å². The van der Waals surface area contributed by atoms with E-state index < -0.39 is 10.0 Å². The van der Waals surface area contributed by atoms with Crippen molar-refractivity contribution in [3.63, 3.8) is 0 Å². The molecular weight excluding hydrogens is 294 g/mol. The maximum absolute atomic E-state index is 12.2. The van der Waals surface area contributed by atoms with Crippen molar-refractivity contribution in [3.05, 3.63) is 40.8 Å². The Kier molecular flexibility index (Phi) is 4.35. The number of anilines is 1. The topological polar surface area (TPSA) is 55.4 Å². The molecule has 108 valence electrons. The van der Waals surface area contributed by atoms with Crippen molar-refractivity contribution in [2.45, 2.75) is 25.7 Å². The van der Waals surface area contributed by atoms with Gasteiger partial charge in [-0.2, -0.15) is 0 Å². The van der Waals surface area contributed by atoms with Gasteiger partial charge in [0.25, 0.3) is 10.0 Å². The molecule has 20 heavy (non-hydrogen) atoms. The number of benzene rings is 1. The van der Waals surface area contributed by atoms with Crippen LogP contribution in [0.2, 0.25) is 0 Å². The average molecular weight is 311 g/mol. The second kappa shape index (κ2) is 5.85. The number of thiophene rings is 1. The van der Waals surface area contributed by atoms with Crippen molar-refractivity contribution in [2.75, 3.05) is 11.3 Å². The third-order valence-corrected chi connectivity index (χ3v) is 5.42. The first-order valence-corrected chi connectivity index (χ1v) is 8.55. The summed E-state index contributed by atoms with van der Waals surface area (Å²) in [6, 6.07) is 8.24. The normalized spacial score (nSPS) is 11.3. The van der Waals surface area contributed by atoms with E-state index in [0.29, 0.717) is 17.4 Å². The summed E-state index contributed by atoms with van der Waals surface area (Å²) in [5, 5.41) is 0.633. The van der Waals surface area contributed by atoms with Crippen molar-refractivity contribution in [1.29, 1.82) is 0 Å². The van der Waals surface area contributed by atoms with Crippen LogP contribution < -0.4 is 9.46 Å². The molecule has 1 N–H and O–H groups in total. The van der Waals surface area contributed by atoms with Crippen molar-refractivity contribution in [1.82, 2.24) is 0 Å². The van der Waals surface area contributed by atoms with E-state index in [0.717, 1.165) is 10.4 Å². The highest BCUT2D eigenvalue weighted by Gasteiger charge is 2.15. The third-order valence-electron chi connectivity index (χ3n) is 2.85. The molecule has 0 amide bonds. The monoisotopic (exact) mass is 311 g/mol. The molecule has 0 aliphatic heterocycles. The van der Waals surface area contributed by atoms with Gasteiger partial charge in [-0.15, -0.1) is 11.3 Å². The van der Waals surface area contributed by atoms with Crippen molar-refractivity contribution in [2.24, 2.45) is 0 Å². The summed E-state index contributed by atoms with van der Waals surface area (Å²) in [7, 11) is -3.54. The van der Waals surface area contributed by atoms with Gasteiger partial charge in [0.15, 0.2) is 0 Å². The molecule has 2 rings (SSSR count). The molecule has 1 heterocycles. The summed E-state index contributed by atoms with van der Waals surface area (Å²) in [6.45, 7) is 6.36. The van der Waals surface area contributed by atoms with Gasteiger partial charge < -0.3 is 4.74 Å². The lowest BCUT2D eigenvalue weighted by Gasteiger charge is -2.07. The maximum atomic E-state index is 12.2. The van der Waals surface area contributed by atoms with Gasteiger partial charge in [0.2, 0.25) is 0 Å². The fourth-order valence-electron chi connectivity index (χ4n) is 1.70. The summed E-state index contributed by atoms with van der Waals surface area (Å²) >= 11 is 1.43. The molecule has 1 aromatic carbocycles. The third kappa shape index (κ3) is 3.32. The van der Waals surface area contributed by atoms with E-state index in [-0.39, 0.29) is 4.90 Å². The summed E-state index contributed by atoms with van der Waals surface area (Å²) < 4.78 is 32.4. The van der Waals surface area contributed by atoms with Crippen LogP contribution in [-0.4, -0.2) is 15.0 Å². The average Bonchev–Trinajstić information content (AvgIpc) is 2.68. The molecule has 1 aromatic heterocycles. The lowest BCUT2D eigenvalue weighted by atomic mass is 10.3. The SMILES string of the molecule is CCOc1ccc(S(=O)(=O)Nc2cc(C)c(C)s2)cc1. The largest absolute Gasteiger partial charge is 0.494 e. The highest BCUT2D eigenvalue weighted by Crippen LogP contribution is 2.28. The Balaban J connectivity index is 2.21. The smallest absolute Gasteiger partial charge is 0.262 e. The highest BCUT2D eigenvalue weighted by molar-refractivity contribution is 7.93. The first-order chi connectivity index (χ1) is 9.42. The standard InChI is InChI=1S/C14H17NO3S2/c1-4-18-12-5-7-13(8-6-12)20(16,17)15-14-9-10(2)11(3)19-14/h5-9,15H,4H2,1-3H3.